The van der Waals surface area contributed by atoms with Gasteiger partial charge in [-0.25, -0.2) is 8.42 Å². The van der Waals surface area contributed by atoms with E-state index in [9.17, 15) is 13.2 Å². The zero-order chi connectivity index (χ0) is 20.1. The second-order valence-corrected chi connectivity index (χ2v) is 8.85. The van der Waals surface area contributed by atoms with Crippen LogP contribution in [0.4, 0.5) is 17.1 Å². The summed E-state index contributed by atoms with van der Waals surface area (Å²) in [6, 6.07) is 11.8. The maximum absolute atomic E-state index is 12.4. The van der Waals surface area contributed by atoms with Crippen molar-refractivity contribution < 1.29 is 17.9 Å². The lowest BCUT2D eigenvalue weighted by Crippen LogP contribution is -2.36. The lowest BCUT2D eigenvalue weighted by molar-refractivity contribution is -0.114. The van der Waals surface area contributed by atoms with E-state index in [-0.39, 0.29) is 23.0 Å². The summed E-state index contributed by atoms with van der Waals surface area (Å²) in [5, 5.41) is 6.31. The molecule has 1 aliphatic heterocycles. The van der Waals surface area contributed by atoms with Gasteiger partial charge in [-0.2, -0.15) is 0 Å². The Balaban J connectivity index is 1.71. The minimum Gasteiger partial charge on any atom is -0.378 e. The number of benzene rings is 2. The molecule has 0 aromatic heterocycles. The lowest BCUT2D eigenvalue weighted by Gasteiger charge is -2.30. The summed E-state index contributed by atoms with van der Waals surface area (Å²) in [7, 11) is -3.44. The summed E-state index contributed by atoms with van der Waals surface area (Å²) in [4.78, 5) is 14.7. The standard InChI is InChI=1S/C19H22ClN3O4S/c1-28(25,26)18-5-3-2-4-15(18)22-19(24)13-21-16-12-14(20)6-7-17(16)23-8-10-27-11-9-23/h2-7,12,21H,8-11,13H2,1H3,(H,22,24). The Labute approximate surface area is 169 Å². The second kappa shape index (κ2) is 8.81. The zero-order valence-corrected chi connectivity index (χ0v) is 17.0. The largest absolute Gasteiger partial charge is 0.378 e. The van der Waals surface area contributed by atoms with Gasteiger partial charge >= 0.3 is 0 Å². The highest BCUT2D eigenvalue weighted by molar-refractivity contribution is 7.90. The molecule has 1 saturated heterocycles. The van der Waals surface area contributed by atoms with E-state index in [4.69, 9.17) is 16.3 Å². The van der Waals surface area contributed by atoms with Gasteiger partial charge in [0, 0.05) is 24.4 Å². The molecule has 1 heterocycles. The summed E-state index contributed by atoms with van der Waals surface area (Å²) < 4.78 is 29.1. The number of anilines is 3. The van der Waals surface area contributed by atoms with E-state index < -0.39 is 9.84 Å². The molecule has 2 N–H and O–H groups in total. The van der Waals surface area contributed by atoms with Gasteiger partial charge in [-0.1, -0.05) is 23.7 Å². The van der Waals surface area contributed by atoms with Gasteiger partial charge in [0.1, 0.15) is 0 Å². The van der Waals surface area contributed by atoms with Crippen molar-refractivity contribution in [2.24, 2.45) is 0 Å². The molecule has 0 spiro atoms. The highest BCUT2D eigenvalue weighted by Gasteiger charge is 2.17. The van der Waals surface area contributed by atoms with Crippen molar-refractivity contribution in [2.45, 2.75) is 4.90 Å². The third-order valence-corrected chi connectivity index (χ3v) is 5.70. The number of carbonyl (C=O) groups excluding carboxylic acids is 1. The van der Waals surface area contributed by atoms with E-state index in [0.717, 1.165) is 30.7 Å². The number of amides is 1. The van der Waals surface area contributed by atoms with Gasteiger partial charge < -0.3 is 20.3 Å². The molecule has 150 valence electrons. The van der Waals surface area contributed by atoms with Gasteiger partial charge in [-0.05, 0) is 30.3 Å². The molecule has 2 aromatic rings. The summed E-state index contributed by atoms with van der Waals surface area (Å²) in [5.41, 5.74) is 1.94. The Kier molecular flexibility index (Phi) is 6.43. The van der Waals surface area contributed by atoms with Gasteiger partial charge in [0.15, 0.2) is 9.84 Å². The highest BCUT2D eigenvalue weighted by Crippen LogP contribution is 2.30. The third-order valence-electron chi connectivity index (χ3n) is 4.31. The van der Waals surface area contributed by atoms with E-state index in [0.29, 0.717) is 18.2 Å². The molecule has 0 saturated carbocycles. The fraction of sp³-hybridized carbons (Fsp3) is 0.316. The number of carbonyl (C=O) groups is 1. The summed E-state index contributed by atoms with van der Waals surface area (Å²) in [6.45, 7) is 2.76. The van der Waals surface area contributed by atoms with Gasteiger partial charge in [-0.15, -0.1) is 0 Å². The molecule has 0 bridgehead atoms. The fourth-order valence-electron chi connectivity index (χ4n) is 2.99. The van der Waals surface area contributed by atoms with Crippen LogP contribution in [-0.4, -0.2) is 53.4 Å². The van der Waals surface area contributed by atoms with Crippen LogP contribution in [0.2, 0.25) is 5.02 Å². The summed E-state index contributed by atoms with van der Waals surface area (Å²) in [6.07, 6.45) is 1.11. The Morgan fingerprint density at radius 3 is 2.57 bits per heavy atom. The number of rotatable bonds is 6. The van der Waals surface area contributed by atoms with E-state index in [1.165, 1.54) is 6.07 Å². The van der Waals surface area contributed by atoms with Crippen molar-refractivity contribution in [3.63, 3.8) is 0 Å². The monoisotopic (exact) mass is 423 g/mol. The maximum atomic E-state index is 12.4. The first-order valence-corrected chi connectivity index (χ1v) is 11.1. The van der Waals surface area contributed by atoms with Crippen molar-refractivity contribution in [2.75, 3.05) is 54.6 Å². The Bertz CT molecular complexity index is 959. The molecule has 0 atom stereocenters. The number of halogens is 1. The molecule has 0 aliphatic carbocycles. The quantitative estimate of drug-likeness (QED) is 0.742. The lowest BCUT2D eigenvalue weighted by atomic mass is 10.2. The number of para-hydroxylation sites is 1. The highest BCUT2D eigenvalue weighted by atomic mass is 35.5. The van der Waals surface area contributed by atoms with Crippen LogP contribution in [0.5, 0.6) is 0 Å². The van der Waals surface area contributed by atoms with Crippen LogP contribution in [0.1, 0.15) is 0 Å². The molecule has 2 aromatic carbocycles. The predicted molar refractivity (Wildman–Crippen MR) is 111 cm³/mol. The fourth-order valence-corrected chi connectivity index (χ4v) is 4.01. The second-order valence-electron chi connectivity index (χ2n) is 6.43. The SMILES string of the molecule is CS(=O)(=O)c1ccccc1NC(=O)CNc1cc(Cl)ccc1N1CCOCC1. The van der Waals surface area contributed by atoms with Crippen molar-refractivity contribution in [1.82, 2.24) is 0 Å². The maximum Gasteiger partial charge on any atom is 0.243 e. The first kappa shape index (κ1) is 20.4. The van der Waals surface area contributed by atoms with Crippen molar-refractivity contribution in [3.8, 4) is 0 Å². The van der Waals surface area contributed by atoms with Crippen molar-refractivity contribution in [3.05, 3.63) is 47.5 Å². The summed E-state index contributed by atoms with van der Waals surface area (Å²) >= 11 is 6.12. The number of hydrogen-bond acceptors (Lipinski definition) is 6. The van der Waals surface area contributed by atoms with Gasteiger partial charge in [0.25, 0.3) is 0 Å². The minimum absolute atomic E-state index is 0.0320. The van der Waals surface area contributed by atoms with Gasteiger partial charge in [0.2, 0.25) is 5.91 Å². The molecule has 1 amide bonds. The summed E-state index contributed by atoms with van der Waals surface area (Å²) in [5.74, 6) is -0.357. The molecule has 0 radical (unpaired) electrons. The number of nitrogens with zero attached hydrogens (tertiary/aromatic N) is 1. The van der Waals surface area contributed by atoms with Crippen LogP contribution >= 0.6 is 11.6 Å². The molecule has 7 nitrogen and oxygen atoms in total. The Morgan fingerprint density at radius 2 is 1.86 bits per heavy atom. The first-order valence-electron chi connectivity index (χ1n) is 8.79. The molecule has 1 fully saturated rings. The van der Waals surface area contributed by atoms with Crippen molar-refractivity contribution in [1.29, 1.82) is 0 Å². The normalized spacial score (nSPS) is 14.6. The van der Waals surface area contributed by atoms with Crippen LogP contribution < -0.4 is 15.5 Å². The Morgan fingerprint density at radius 1 is 1.14 bits per heavy atom. The third kappa shape index (κ3) is 5.15. The van der Waals surface area contributed by atoms with Gasteiger partial charge in [-0.3, -0.25) is 4.79 Å². The molecule has 28 heavy (non-hydrogen) atoms. The van der Waals surface area contributed by atoms with Gasteiger partial charge in [0.05, 0.1) is 41.7 Å². The Hall–Kier alpha value is -2.29. The molecule has 0 unspecified atom stereocenters. The number of hydrogen-bond donors (Lipinski definition) is 2. The molecule has 3 rings (SSSR count). The molecule has 9 heteroatoms. The smallest absolute Gasteiger partial charge is 0.243 e. The van der Waals surface area contributed by atoms with Crippen molar-refractivity contribution >= 4 is 44.4 Å². The zero-order valence-electron chi connectivity index (χ0n) is 15.4. The van der Waals surface area contributed by atoms with E-state index in [1.54, 1.807) is 30.3 Å². The molecular weight excluding hydrogens is 402 g/mol. The van der Waals surface area contributed by atoms with Crippen LogP contribution in [0.15, 0.2) is 47.4 Å². The first-order chi connectivity index (χ1) is 13.3. The molecule has 1 aliphatic rings. The number of sulfone groups is 1. The minimum atomic E-state index is -3.44. The predicted octanol–water partition coefficient (Wildman–Crippen LogP) is 2.63. The average molecular weight is 424 g/mol. The average Bonchev–Trinajstić information content (AvgIpc) is 2.67. The molecular formula is C19H22ClN3O4S. The van der Waals surface area contributed by atoms with Crippen LogP contribution in [0, 0.1) is 0 Å². The van der Waals surface area contributed by atoms with Crippen LogP contribution in [0.25, 0.3) is 0 Å². The van der Waals surface area contributed by atoms with E-state index >= 15 is 0 Å². The van der Waals surface area contributed by atoms with Crippen LogP contribution in [-0.2, 0) is 19.4 Å². The number of ether oxygens (including phenoxy) is 1. The number of morpholine rings is 1. The van der Waals surface area contributed by atoms with E-state index in [1.807, 2.05) is 6.07 Å². The topological polar surface area (TPSA) is 87.7 Å². The van der Waals surface area contributed by atoms with Crippen LogP contribution in [0.3, 0.4) is 0 Å². The van der Waals surface area contributed by atoms with E-state index in [2.05, 4.69) is 15.5 Å². The number of nitrogens with one attached hydrogen (secondary N) is 2.